The first-order valence-electron chi connectivity index (χ1n) is 10.5. The van der Waals surface area contributed by atoms with Gasteiger partial charge in [-0.3, -0.25) is 4.79 Å². The zero-order valence-corrected chi connectivity index (χ0v) is 18.8. The van der Waals surface area contributed by atoms with Gasteiger partial charge < -0.3 is 4.74 Å². The second kappa shape index (κ2) is 8.31. The minimum atomic E-state index is -0.111. The predicted molar refractivity (Wildman–Crippen MR) is 116 cm³/mol. The third-order valence-corrected chi connectivity index (χ3v) is 8.40. The summed E-state index contributed by atoms with van der Waals surface area (Å²) >= 11 is 3.31. The van der Waals surface area contributed by atoms with Gasteiger partial charge in [-0.25, -0.2) is 9.97 Å². The molecule has 2 heterocycles. The maximum atomic E-state index is 12.4. The Bertz CT molecular complexity index is 848. The topological polar surface area (TPSA) is 52.1 Å². The summed E-state index contributed by atoms with van der Waals surface area (Å²) in [6.45, 7) is 6.94. The van der Waals surface area contributed by atoms with Crippen molar-refractivity contribution >= 4 is 39.3 Å². The number of aromatic nitrogens is 2. The molecule has 1 fully saturated rings. The van der Waals surface area contributed by atoms with E-state index in [-0.39, 0.29) is 12.1 Å². The van der Waals surface area contributed by atoms with Gasteiger partial charge in [0.1, 0.15) is 22.3 Å². The van der Waals surface area contributed by atoms with Crippen molar-refractivity contribution in [3.05, 3.63) is 16.8 Å². The van der Waals surface area contributed by atoms with Gasteiger partial charge in [-0.2, -0.15) is 0 Å². The van der Waals surface area contributed by atoms with E-state index in [0.717, 1.165) is 54.3 Å². The summed E-state index contributed by atoms with van der Waals surface area (Å²) < 4.78 is 5.78. The van der Waals surface area contributed by atoms with E-state index in [1.54, 1.807) is 17.7 Å². The Morgan fingerprint density at radius 3 is 2.68 bits per heavy atom. The molecule has 1 saturated carbocycles. The summed E-state index contributed by atoms with van der Waals surface area (Å²) in [4.78, 5) is 23.9. The summed E-state index contributed by atoms with van der Waals surface area (Å²) in [5.41, 5.74) is 1.77. The summed E-state index contributed by atoms with van der Waals surface area (Å²) in [7, 11) is 0. The van der Waals surface area contributed by atoms with E-state index < -0.39 is 0 Å². The van der Waals surface area contributed by atoms with Crippen molar-refractivity contribution in [1.29, 1.82) is 0 Å². The highest BCUT2D eigenvalue weighted by Gasteiger charge is 2.31. The lowest BCUT2D eigenvalue weighted by atomic mass is 9.72. The van der Waals surface area contributed by atoms with E-state index in [9.17, 15) is 4.79 Å². The van der Waals surface area contributed by atoms with Gasteiger partial charge >= 0.3 is 5.97 Å². The van der Waals surface area contributed by atoms with E-state index in [2.05, 4.69) is 30.7 Å². The second-order valence-corrected chi connectivity index (χ2v) is 11.2. The third kappa shape index (κ3) is 4.38. The number of hydrogen-bond acceptors (Lipinski definition) is 6. The van der Waals surface area contributed by atoms with Gasteiger partial charge in [0.2, 0.25) is 0 Å². The molecule has 152 valence electrons. The number of thioether (sulfide) groups is 1. The molecule has 2 aliphatic carbocycles. The predicted octanol–water partition coefficient (Wildman–Crippen LogP) is 5.81. The number of thiophene rings is 1. The van der Waals surface area contributed by atoms with Gasteiger partial charge in [0.05, 0.1) is 5.75 Å². The Labute approximate surface area is 175 Å². The first-order chi connectivity index (χ1) is 13.4. The maximum absolute atomic E-state index is 12.4. The Hall–Kier alpha value is -1.14. The Morgan fingerprint density at radius 2 is 1.93 bits per heavy atom. The number of hydrogen-bond donors (Lipinski definition) is 0. The molecule has 0 aliphatic heterocycles. The van der Waals surface area contributed by atoms with Crippen LogP contribution >= 0.6 is 23.1 Å². The van der Waals surface area contributed by atoms with Crippen LogP contribution in [0.1, 0.15) is 69.7 Å². The van der Waals surface area contributed by atoms with Gasteiger partial charge in [-0.15, -0.1) is 11.3 Å². The lowest BCUT2D eigenvalue weighted by Crippen LogP contribution is -2.30. The molecule has 0 atom stereocenters. The Kier molecular flexibility index (Phi) is 5.98. The fourth-order valence-electron chi connectivity index (χ4n) is 4.56. The van der Waals surface area contributed by atoms with Crippen LogP contribution in [0.4, 0.5) is 0 Å². The third-order valence-electron chi connectivity index (χ3n) is 6.24. The normalized spacial score (nSPS) is 22.8. The summed E-state index contributed by atoms with van der Waals surface area (Å²) in [5.74, 6) is 0.951. The summed E-state index contributed by atoms with van der Waals surface area (Å²) in [6, 6.07) is 0. The molecule has 0 radical (unpaired) electrons. The minimum absolute atomic E-state index is 0.0889. The van der Waals surface area contributed by atoms with Crippen LogP contribution < -0.4 is 0 Å². The standard InChI is InChI=1S/C22H30N2O2S2/c1-22(2,3)14-8-10-15(11-9-14)26-18(25)12-27-20-19-16-6-4-5-7-17(16)28-21(19)24-13-23-20/h13-15H,4-12H2,1-3H3. The molecule has 28 heavy (non-hydrogen) atoms. The smallest absolute Gasteiger partial charge is 0.316 e. The van der Waals surface area contributed by atoms with Crippen molar-refractivity contribution in [2.24, 2.45) is 11.3 Å². The summed E-state index contributed by atoms with van der Waals surface area (Å²) in [6.07, 6.45) is 10.8. The molecular formula is C22H30N2O2S2. The molecule has 0 spiro atoms. The molecule has 0 unspecified atom stereocenters. The summed E-state index contributed by atoms with van der Waals surface area (Å²) in [5, 5.41) is 2.13. The number of carbonyl (C=O) groups is 1. The molecule has 2 aromatic rings. The average molecular weight is 419 g/mol. The highest BCUT2D eigenvalue weighted by Crippen LogP contribution is 2.40. The first-order valence-corrected chi connectivity index (χ1v) is 12.3. The molecule has 0 saturated heterocycles. The largest absolute Gasteiger partial charge is 0.462 e. The van der Waals surface area contributed by atoms with Crippen LogP contribution in [-0.2, 0) is 22.4 Å². The average Bonchev–Trinajstić information content (AvgIpc) is 3.05. The van der Waals surface area contributed by atoms with Crippen molar-refractivity contribution in [3.63, 3.8) is 0 Å². The Morgan fingerprint density at radius 1 is 1.18 bits per heavy atom. The van der Waals surface area contributed by atoms with Crippen LogP contribution in [0.15, 0.2) is 11.4 Å². The van der Waals surface area contributed by atoms with Crippen molar-refractivity contribution in [3.8, 4) is 0 Å². The number of nitrogens with zero attached hydrogens (tertiary/aromatic N) is 2. The number of esters is 1. The van der Waals surface area contributed by atoms with Gasteiger partial charge in [-0.1, -0.05) is 32.5 Å². The monoisotopic (exact) mass is 418 g/mol. The van der Waals surface area contributed by atoms with Gasteiger partial charge in [0.15, 0.2) is 0 Å². The van der Waals surface area contributed by atoms with E-state index in [0.29, 0.717) is 11.2 Å². The lowest BCUT2D eigenvalue weighted by molar-refractivity contribution is -0.148. The molecule has 0 N–H and O–H groups in total. The van der Waals surface area contributed by atoms with Crippen LogP contribution in [0.25, 0.3) is 10.2 Å². The molecule has 0 amide bonds. The van der Waals surface area contributed by atoms with Gasteiger partial charge in [-0.05, 0) is 68.3 Å². The lowest BCUT2D eigenvalue weighted by Gasteiger charge is -2.36. The molecule has 0 bridgehead atoms. The minimum Gasteiger partial charge on any atom is -0.462 e. The molecule has 6 heteroatoms. The fraction of sp³-hybridized carbons (Fsp3) is 0.682. The van der Waals surface area contributed by atoms with E-state index >= 15 is 0 Å². The van der Waals surface area contributed by atoms with Crippen LogP contribution in [0, 0.1) is 11.3 Å². The van der Waals surface area contributed by atoms with E-state index in [1.165, 1.54) is 40.4 Å². The number of carbonyl (C=O) groups excluding carboxylic acids is 1. The number of aryl methyl sites for hydroxylation is 2. The number of rotatable bonds is 4. The van der Waals surface area contributed by atoms with Crippen molar-refractivity contribution in [2.75, 3.05) is 5.75 Å². The molecule has 2 aliphatic rings. The first kappa shape index (κ1) is 20.1. The maximum Gasteiger partial charge on any atom is 0.316 e. The second-order valence-electron chi connectivity index (χ2n) is 9.19. The van der Waals surface area contributed by atoms with Gasteiger partial charge in [0.25, 0.3) is 0 Å². The van der Waals surface area contributed by atoms with Crippen LogP contribution in [-0.4, -0.2) is 27.8 Å². The van der Waals surface area contributed by atoms with Crippen molar-refractivity contribution < 1.29 is 9.53 Å². The van der Waals surface area contributed by atoms with Crippen LogP contribution in [0.5, 0.6) is 0 Å². The van der Waals surface area contributed by atoms with Crippen LogP contribution in [0.3, 0.4) is 0 Å². The quantitative estimate of drug-likeness (QED) is 0.356. The zero-order valence-electron chi connectivity index (χ0n) is 17.1. The number of fused-ring (bicyclic) bond motifs is 3. The highest BCUT2D eigenvalue weighted by molar-refractivity contribution is 8.00. The Balaban J connectivity index is 1.35. The molecule has 2 aromatic heterocycles. The van der Waals surface area contributed by atoms with Crippen molar-refractivity contribution in [2.45, 2.75) is 83.3 Å². The number of ether oxygens (including phenoxy) is 1. The molecule has 4 nitrogen and oxygen atoms in total. The van der Waals surface area contributed by atoms with Gasteiger partial charge in [0, 0.05) is 10.3 Å². The highest BCUT2D eigenvalue weighted by atomic mass is 32.2. The molecule has 0 aromatic carbocycles. The molecular weight excluding hydrogens is 388 g/mol. The SMILES string of the molecule is CC(C)(C)C1CCC(OC(=O)CSc2ncnc3sc4c(c23)CCCC4)CC1. The zero-order chi connectivity index (χ0) is 19.7. The molecule has 4 rings (SSSR count). The van der Waals surface area contributed by atoms with E-state index in [4.69, 9.17) is 4.74 Å². The van der Waals surface area contributed by atoms with E-state index in [1.807, 2.05) is 0 Å². The van der Waals surface area contributed by atoms with Crippen LogP contribution in [0.2, 0.25) is 0 Å². The fourth-order valence-corrected chi connectivity index (χ4v) is 6.67. The van der Waals surface area contributed by atoms with Crippen molar-refractivity contribution in [1.82, 2.24) is 9.97 Å².